The summed E-state index contributed by atoms with van der Waals surface area (Å²) in [5, 5.41) is 18.7. The van der Waals surface area contributed by atoms with Crippen LogP contribution in [0.15, 0.2) is 118 Å². The maximum Gasteiger partial charge on any atom is 0.293 e. The Labute approximate surface area is 367 Å². The van der Waals surface area contributed by atoms with E-state index in [1.165, 1.54) is 29.6 Å². The molecule has 2 aromatic heterocycles. The third kappa shape index (κ3) is 10.4. The topological polar surface area (TPSA) is 163 Å². The minimum Gasteiger partial charge on any atom is -0.378 e. The van der Waals surface area contributed by atoms with E-state index >= 15 is 0 Å². The van der Waals surface area contributed by atoms with E-state index < -0.39 is 26.7 Å². The Morgan fingerprint density at radius 3 is 2.48 bits per heavy atom. The fourth-order valence-corrected chi connectivity index (χ4v) is 10.5. The molecular formula is C43H43ClN8O6S3. The maximum atomic E-state index is 13.8. The fraction of sp³-hybridized carbons (Fsp3) is 0.279. The van der Waals surface area contributed by atoms with Crippen LogP contribution >= 0.6 is 34.7 Å². The number of carbonyl (C=O) groups is 1. The molecule has 2 aliphatic heterocycles. The molecule has 1 atom stereocenters. The molecule has 61 heavy (non-hydrogen) atoms. The second kappa shape index (κ2) is 19.2. The zero-order chi connectivity index (χ0) is 42.3. The van der Waals surface area contributed by atoms with Crippen LogP contribution in [0.4, 0.5) is 22.9 Å². The van der Waals surface area contributed by atoms with E-state index in [1.54, 1.807) is 34.1 Å². The van der Waals surface area contributed by atoms with E-state index in [2.05, 4.69) is 54.1 Å². The highest BCUT2D eigenvalue weighted by atomic mass is 35.5. The summed E-state index contributed by atoms with van der Waals surface area (Å²) in [6, 6.07) is 29.1. The number of piperazine rings is 1. The zero-order valence-electron chi connectivity index (χ0n) is 33.0. The van der Waals surface area contributed by atoms with Gasteiger partial charge in [-0.05, 0) is 70.6 Å². The van der Waals surface area contributed by atoms with Crippen molar-refractivity contribution in [2.24, 2.45) is 0 Å². The molecule has 0 bridgehead atoms. The average Bonchev–Trinajstić information content (AvgIpc) is 3.80. The van der Waals surface area contributed by atoms with Crippen LogP contribution in [0, 0.1) is 10.1 Å². The van der Waals surface area contributed by atoms with Gasteiger partial charge < -0.3 is 19.9 Å². The Morgan fingerprint density at radius 2 is 1.72 bits per heavy atom. The highest BCUT2D eigenvalue weighted by molar-refractivity contribution is 8.01. The number of nitrogens with zero attached hydrogens (tertiary/aromatic N) is 6. The molecule has 2 saturated heterocycles. The number of rotatable bonds is 15. The minimum absolute atomic E-state index is 0.0536. The van der Waals surface area contributed by atoms with Gasteiger partial charge in [-0.15, -0.1) is 23.1 Å². The van der Waals surface area contributed by atoms with Crippen LogP contribution in [0.1, 0.15) is 12.0 Å². The van der Waals surface area contributed by atoms with Crippen molar-refractivity contribution >= 4 is 84.4 Å². The lowest BCUT2D eigenvalue weighted by Crippen LogP contribution is -2.46. The van der Waals surface area contributed by atoms with Gasteiger partial charge in [-0.3, -0.25) is 24.5 Å². The molecule has 6 aromatic rings. The summed E-state index contributed by atoms with van der Waals surface area (Å²) >= 11 is 9.25. The minimum atomic E-state index is -4.33. The summed E-state index contributed by atoms with van der Waals surface area (Å²) in [7, 11) is -4.33. The molecule has 14 nitrogen and oxygen atoms in total. The number of morpholine rings is 1. The number of hydrogen-bond acceptors (Lipinski definition) is 13. The van der Waals surface area contributed by atoms with E-state index in [0.717, 1.165) is 54.3 Å². The smallest absolute Gasteiger partial charge is 0.293 e. The van der Waals surface area contributed by atoms with Crippen LogP contribution in [-0.2, 0) is 26.1 Å². The number of nitrogens with one attached hydrogen (secondary N) is 2. The van der Waals surface area contributed by atoms with E-state index in [-0.39, 0.29) is 28.7 Å². The number of thiophene rings is 1. The Bertz CT molecular complexity index is 2610. The van der Waals surface area contributed by atoms with Gasteiger partial charge in [0, 0.05) is 86.2 Å². The van der Waals surface area contributed by atoms with Crippen molar-refractivity contribution in [2.75, 3.05) is 73.2 Å². The number of aromatic nitrogens is 2. The van der Waals surface area contributed by atoms with Crippen LogP contribution in [-0.4, -0.2) is 103 Å². The number of halogens is 1. The fourth-order valence-electron chi connectivity index (χ4n) is 7.49. The Balaban J connectivity index is 0.941. The number of fused-ring (bicyclic) bond motifs is 1. The number of amides is 1. The van der Waals surface area contributed by atoms with Crippen molar-refractivity contribution in [3.05, 3.63) is 129 Å². The summed E-state index contributed by atoms with van der Waals surface area (Å²) in [5.74, 6) is 0.418. The second-order valence-electron chi connectivity index (χ2n) is 14.7. The molecule has 0 radical (unpaired) electrons. The largest absolute Gasteiger partial charge is 0.378 e. The highest BCUT2D eigenvalue weighted by Crippen LogP contribution is 2.33. The molecule has 2 aliphatic rings. The second-order valence-corrected chi connectivity index (χ2v) is 19.1. The standard InChI is InChI=1S/C43H43ClN8O6S3/c44-32-9-7-30(8-10-32)36-5-2-1-4-31(36)27-49-15-17-50(18-16-49)34-11-13-37-39(25-34)45-29-46-43(37)48-61(56,57)35-12-14-38(40(26-35)52(54)55)47-33(28-60-42-6-3-23-59-42)24-41(53)51-19-21-58-22-20-51/h1-14,23,25-26,29,33,47H,15-22,24,27-28H2,(H,45,46,48)/t33-/m1/s1. The van der Waals surface area contributed by atoms with Crippen molar-refractivity contribution in [1.82, 2.24) is 19.8 Å². The summed E-state index contributed by atoms with van der Waals surface area (Å²) in [5.41, 5.74) is 4.75. The Kier molecular flexibility index (Phi) is 13.3. The van der Waals surface area contributed by atoms with Crippen molar-refractivity contribution in [2.45, 2.75) is 28.1 Å². The third-order valence-electron chi connectivity index (χ3n) is 10.7. The van der Waals surface area contributed by atoms with E-state index in [9.17, 15) is 23.3 Å². The number of carbonyl (C=O) groups excluding carboxylic acids is 1. The summed E-state index contributed by atoms with van der Waals surface area (Å²) in [6.07, 6.45) is 1.39. The number of thioether (sulfide) groups is 1. The first-order chi connectivity index (χ1) is 29.6. The molecule has 4 heterocycles. The number of sulfonamides is 1. The third-order valence-corrected chi connectivity index (χ3v) is 14.6. The van der Waals surface area contributed by atoms with E-state index in [1.807, 2.05) is 53.9 Å². The number of anilines is 3. The molecule has 1 amide bonds. The zero-order valence-corrected chi connectivity index (χ0v) is 36.2. The van der Waals surface area contributed by atoms with Crippen molar-refractivity contribution < 1.29 is 22.9 Å². The quantitative estimate of drug-likeness (QED) is 0.0584. The van der Waals surface area contributed by atoms with Crippen LogP contribution in [0.25, 0.3) is 22.0 Å². The highest BCUT2D eigenvalue weighted by Gasteiger charge is 2.27. The molecule has 4 aromatic carbocycles. The van der Waals surface area contributed by atoms with Crippen LogP contribution in [0.2, 0.25) is 5.02 Å². The van der Waals surface area contributed by atoms with E-state index in [4.69, 9.17) is 16.3 Å². The monoisotopic (exact) mass is 898 g/mol. The first-order valence-corrected chi connectivity index (χ1v) is 23.5. The number of nitro groups is 1. The predicted octanol–water partition coefficient (Wildman–Crippen LogP) is 7.86. The van der Waals surface area contributed by atoms with Gasteiger partial charge in [-0.2, -0.15) is 0 Å². The van der Waals surface area contributed by atoms with Gasteiger partial charge in [0.05, 0.1) is 32.8 Å². The van der Waals surface area contributed by atoms with E-state index in [0.29, 0.717) is 48.0 Å². The molecule has 0 spiro atoms. The normalized spacial score (nSPS) is 15.4. The summed E-state index contributed by atoms with van der Waals surface area (Å²) < 4.78 is 36.6. The lowest BCUT2D eigenvalue weighted by atomic mass is 9.99. The predicted molar refractivity (Wildman–Crippen MR) is 242 cm³/mol. The van der Waals surface area contributed by atoms with Gasteiger partial charge in [-0.1, -0.05) is 54.1 Å². The van der Waals surface area contributed by atoms with Crippen LogP contribution < -0.4 is 14.9 Å². The van der Waals surface area contributed by atoms with Gasteiger partial charge in [0.25, 0.3) is 15.7 Å². The lowest BCUT2D eigenvalue weighted by Gasteiger charge is -2.36. The SMILES string of the molecule is O=C(C[C@H](CSc1cccs1)Nc1ccc(S(=O)(=O)Nc2ncnc3cc(N4CCN(Cc5ccccc5-c5ccc(Cl)cc5)CC4)ccc23)cc1[N+](=O)[O-])N1CCOCC1. The first-order valence-electron chi connectivity index (χ1n) is 19.8. The van der Waals surface area contributed by atoms with Gasteiger partial charge in [-0.25, -0.2) is 18.4 Å². The molecule has 316 valence electrons. The molecule has 0 unspecified atom stereocenters. The van der Waals surface area contributed by atoms with Gasteiger partial charge in [0.15, 0.2) is 5.82 Å². The molecular weight excluding hydrogens is 856 g/mol. The summed E-state index contributed by atoms with van der Waals surface area (Å²) in [4.78, 5) is 39.8. The number of ether oxygens (including phenoxy) is 1. The molecule has 8 rings (SSSR count). The Hall–Kier alpha value is -5.30. The average molecular weight is 900 g/mol. The molecule has 2 fully saturated rings. The van der Waals surface area contributed by atoms with Gasteiger partial charge >= 0.3 is 0 Å². The Morgan fingerprint density at radius 1 is 0.934 bits per heavy atom. The van der Waals surface area contributed by atoms with Gasteiger partial charge in [0.1, 0.15) is 12.0 Å². The molecule has 0 saturated carbocycles. The number of benzene rings is 4. The van der Waals surface area contributed by atoms with Crippen molar-refractivity contribution in [3.63, 3.8) is 0 Å². The lowest BCUT2D eigenvalue weighted by molar-refractivity contribution is -0.384. The van der Waals surface area contributed by atoms with Crippen molar-refractivity contribution in [3.8, 4) is 11.1 Å². The first kappa shape index (κ1) is 42.4. The maximum absolute atomic E-state index is 13.8. The molecule has 18 heteroatoms. The molecule has 2 N–H and O–H groups in total. The van der Waals surface area contributed by atoms with Crippen LogP contribution in [0.3, 0.4) is 0 Å². The van der Waals surface area contributed by atoms with Gasteiger partial charge in [0.2, 0.25) is 5.91 Å². The molecule has 0 aliphatic carbocycles. The number of nitro benzene ring substituents is 1. The number of hydrogen-bond donors (Lipinski definition) is 2. The van der Waals surface area contributed by atoms with Crippen molar-refractivity contribution in [1.29, 1.82) is 0 Å². The summed E-state index contributed by atoms with van der Waals surface area (Å²) in [6.45, 7) is 5.97. The van der Waals surface area contributed by atoms with Crippen LogP contribution in [0.5, 0.6) is 0 Å².